The predicted molar refractivity (Wildman–Crippen MR) is 50.5 cm³/mol. The largest absolute Gasteiger partial charge is 0.294 e. The Bertz CT molecular complexity index is 376. The highest BCUT2D eigenvalue weighted by Crippen LogP contribution is 2.26. The van der Waals surface area contributed by atoms with Gasteiger partial charge in [-0.2, -0.15) is 5.10 Å². The van der Waals surface area contributed by atoms with Crippen molar-refractivity contribution in [1.82, 2.24) is 9.78 Å². The van der Waals surface area contributed by atoms with Gasteiger partial charge in [0.25, 0.3) is 0 Å². The van der Waals surface area contributed by atoms with Gasteiger partial charge in [-0.05, 0) is 25.3 Å². The summed E-state index contributed by atoms with van der Waals surface area (Å²) in [6, 6.07) is 0. The highest BCUT2D eigenvalue weighted by molar-refractivity contribution is 5.98. The maximum Gasteiger partial charge on any atom is 0.163 e. The SMILES string of the molecule is C=C1CCCn2ncc(C(C)=O)c21. The fourth-order valence-corrected chi connectivity index (χ4v) is 1.75. The van der Waals surface area contributed by atoms with E-state index in [4.69, 9.17) is 0 Å². The topological polar surface area (TPSA) is 34.9 Å². The van der Waals surface area contributed by atoms with Crippen LogP contribution >= 0.6 is 0 Å². The van der Waals surface area contributed by atoms with Crippen LogP contribution in [0.5, 0.6) is 0 Å². The van der Waals surface area contributed by atoms with Gasteiger partial charge in [0.05, 0.1) is 17.5 Å². The van der Waals surface area contributed by atoms with Crippen molar-refractivity contribution in [3.8, 4) is 0 Å². The lowest BCUT2D eigenvalue weighted by Gasteiger charge is -2.16. The van der Waals surface area contributed by atoms with Crippen LogP contribution < -0.4 is 0 Å². The minimum atomic E-state index is 0.0734. The third-order valence-electron chi connectivity index (χ3n) is 2.40. The molecule has 0 spiro atoms. The van der Waals surface area contributed by atoms with E-state index < -0.39 is 0 Å². The van der Waals surface area contributed by atoms with Crippen LogP contribution in [0.25, 0.3) is 5.57 Å². The Morgan fingerprint density at radius 2 is 2.46 bits per heavy atom. The second-order valence-electron chi connectivity index (χ2n) is 3.39. The normalized spacial score (nSPS) is 15.6. The average Bonchev–Trinajstić information content (AvgIpc) is 2.49. The first-order chi connectivity index (χ1) is 6.20. The number of hydrogen-bond acceptors (Lipinski definition) is 2. The predicted octanol–water partition coefficient (Wildman–Crippen LogP) is 1.89. The van der Waals surface area contributed by atoms with Gasteiger partial charge in [-0.15, -0.1) is 0 Å². The van der Waals surface area contributed by atoms with Gasteiger partial charge in [0, 0.05) is 6.54 Å². The zero-order valence-corrected chi connectivity index (χ0v) is 7.71. The third-order valence-corrected chi connectivity index (χ3v) is 2.40. The third kappa shape index (κ3) is 1.20. The Balaban J connectivity index is 2.56. The lowest BCUT2D eigenvalue weighted by atomic mass is 10.0. The van der Waals surface area contributed by atoms with Crippen LogP contribution in [0.3, 0.4) is 0 Å². The lowest BCUT2D eigenvalue weighted by Crippen LogP contribution is -2.11. The molecule has 0 N–H and O–H groups in total. The summed E-state index contributed by atoms with van der Waals surface area (Å²) in [5, 5.41) is 4.16. The zero-order valence-electron chi connectivity index (χ0n) is 7.71. The highest BCUT2D eigenvalue weighted by Gasteiger charge is 2.19. The van der Waals surface area contributed by atoms with E-state index in [1.807, 2.05) is 4.68 Å². The van der Waals surface area contributed by atoms with Crippen molar-refractivity contribution in [3.05, 3.63) is 24.0 Å². The van der Waals surface area contributed by atoms with Crippen LogP contribution in [-0.2, 0) is 6.54 Å². The molecule has 1 aliphatic heterocycles. The Morgan fingerprint density at radius 3 is 3.15 bits per heavy atom. The minimum Gasteiger partial charge on any atom is -0.294 e. The molecule has 0 aliphatic carbocycles. The molecule has 2 heterocycles. The molecule has 0 saturated heterocycles. The number of nitrogens with zero attached hydrogens (tertiary/aromatic N) is 2. The van der Waals surface area contributed by atoms with Crippen molar-refractivity contribution in [1.29, 1.82) is 0 Å². The first kappa shape index (κ1) is 8.23. The quantitative estimate of drug-likeness (QED) is 0.612. The molecule has 0 bridgehead atoms. The van der Waals surface area contributed by atoms with E-state index in [9.17, 15) is 4.79 Å². The summed E-state index contributed by atoms with van der Waals surface area (Å²) in [4.78, 5) is 11.2. The molecule has 0 amide bonds. The maximum absolute atomic E-state index is 11.2. The van der Waals surface area contributed by atoms with Gasteiger partial charge in [0.2, 0.25) is 0 Å². The number of ketones is 1. The monoisotopic (exact) mass is 176 g/mol. The number of carbonyl (C=O) groups is 1. The zero-order chi connectivity index (χ0) is 9.42. The van der Waals surface area contributed by atoms with Gasteiger partial charge in [-0.3, -0.25) is 9.48 Å². The van der Waals surface area contributed by atoms with Gasteiger partial charge < -0.3 is 0 Å². The Hall–Kier alpha value is -1.38. The Labute approximate surface area is 77.1 Å². The average molecular weight is 176 g/mol. The number of allylic oxidation sites excluding steroid dienone is 1. The Kier molecular flexibility index (Phi) is 1.79. The molecule has 13 heavy (non-hydrogen) atoms. The second kappa shape index (κ2) is 2.83. The van der Waals surface area contributed by atoms with E-state index in [2.05, 4.69) is 11.7 Å². The van der Waals surface area contributed by atoms with Crippen LogP contribution in [-0.4, -0.2) is 15.6 Å². The number of Topliss-reactive ketones (excluding diaryl/α,β-unsaturated/α-hetero) is 1. The van der Waals surface area contributed by atoms with E-state index in [-0.39, 0.29) is 5.78 Å². The van der Waals surface area contributed by atoms with Crippen molar-refractivity contribution in [2.75, 3.05) is 0 Å². The molecule has 1 aliphatic rings. The molecule has 3 nitrogen and oxygen atoms in total. The molecule has 0 fully saturated rings. The number of hydrogen-bond donors (Lipinski definition) is 0. The van der Waals surface area contributed by atoms with E-state index in [0.29, 0.717) is 5.56 Å². The molecule has 0 saturated carbocycles. The Morgan fingerprint density at radius 1 is 1.69 bits per heavy atom. The van der Waals surface area contributed by atoms with E-state index in [0.717, 1.165) is 30.7 Å². The summed E-state index contributed by atoms with van der Waals surface area (Å²) in [5.74, 6) is 0.0734. The minimum absolute atomic E-state index is 0.0734. The number of fused-ring (bicyclic) bond motifs is 1. The van der Waals surface area contributed by atoms with Gasteiger partial charge in [0.15, 0.2) is 5.78 Å². The summed E-state index contributed by atoms with van der Waals surface area (Å²) in [7, 11) is 0. The van der Waals surface area contributed by atoms with Gasteiger partial charge in [0.1, 0.15) is 0 Å². The van der Waals surface area contributed by atoms with Crippen LogP contribution in [0.2, 0.25) is 0 Å². The number of aryl methyl sites for hydroxylation is 1. The highest BCUT2D eigenvalue weighted by atomic mass is 16.1. The standard InChI is InChI=1S/C10H12N2O/c1-7-4-3-5-12-10(7)9(6-11-12)8(2)13/h6H,1,3-5H2,2H3. The molecule has 1 aromatic rings. The smallest absolute Gasteiger partial charge is 0.163 e. The summed E-state index contributed by atoms with van der Waals surface area (Å²) in [6.45, 7) is 6.43. The van der Waals surface area contributed by atoms with E-state index >= 15 is 0 Å². The number of rotatable bonds is 1. The molecule has 0 atom stereocenters. The second-order valence-corrected chi connectivity index (χ2v) is 3.39. The number of carbonyl (C=O) groups excluding carboxylic acids is 1. The van der Waals surface area contributed by atoms with Crippen molar-refractivity contribution in [3.63, 3.8) is 0 Å². The van der Waals surface area contributed by atoms with Crippen molar-refractivity contribution >= 4 is 11.4 Å². The molecular formula is C10H12N2O. The summed E-state index contributed by atoms with van der Waals surface area (Å²) >= 11 is 0. The molecular weight excluding hydrogens is 164 g/mol. The molecule has 0 unspecified atom stereocenters. The fraction of sp³-hybridized carbons (Fsp3) is 0.400. The van der Waals surface area contributed by atoms with Gasteiger partial charge in [-0.25, -0.2) is 0 Å². The fourth-order valence-electron chi connectivity index (χ4n) is 1.75. The van der Waals surface area contributed by atoms with Crippen LogP contribution in [0.15, 0.2) is 12.8 Å². The van der Waals surface area contributed by atoms with Crippen LogP contribution in [0.1, 0.15) is 35.8 Å². The molecule has 68 valence electrons. The summed E-state index contributed by atoms with van der Waals surface area (Å²) < 4.78 is 1.88. The molecule has 2 rings (SSSR count). The summed E-state index contributed by atoms with van der Waals surface area (Å²) in [6.07, 6.45) is 3.70. The first-order valence-electron chi connectivity index (χ1n) is 4.45. The van der Waals surface area contributed by atoms with Crippen molar-refractivity contribution in [2.45, 2.75) is 26.3 Å². The van der Waals surface area contributed by atoms with Gasteiger partial charge in [-0.1, -0.05) is 6.58 Å². The van der Waals surface area contributed by atoms with E-state index in [1.54, 1.807) is 13.1 Å². The first-order valence-corrected chi connectivity index (χ1v) is 4.45. The number of aromatic nitrogens is 2. The summed E-state index contributed by atoms with van der Waals surface area (Å²) in [5.41, 5.74) is 2.69. The van der Waals surface area contributed by atoms with Crippen LogP contribution in [0.4, 0.5) is 0 Å². The maximum atomic E-state index is 11.2. The van der Waals surface area contributed by atoms with Crippen LogP contribution in [0, 0.1) is 0 Å². The van der Waals surface area contributed by atoms with Crippen molar-refractivity contribution < 1.29 is 4.79 Å². The molecule has 3 heteroatoms. The molecule has 0 radical (unpaired) electrons. The van der Waals surface area contributed by atoms with E-state index in [1.165, 1.54) is 0 Å². The lowest BCUT2D eigenvalue weighted by molar-refractivity contribution is 0.101. The van der Waals surface area contributed by atoms with Gasteiger partial charge >= 0.3 is 0 Å². The van der Waals surface area contributed by atoms with Crippen molar-refractivity contribution in [2.24, 2.45) is 0 Å². The molecule has 1 aromatic heterocycles. The molecule has 0 aromatic carbocycles.